The average Bonchev–Trinajstić information content (AvgIpc) is 2.87. The first kappa shape index (κ1) is 25.3. The van der Waals surface area contributed by atoms with Gasteiger partial charge in [-0.1, -0.05) is 0 Å². The van der Waals surface area contributed by atoms with Crippen LogP contribution in [0.5, 0.6) is 0 Å². The smallest absolute Gasteiger partial charge is 0.257 e. The number of carbonyl (C=O) groups excluding carboxylic acids is 1. The van der Waals surface area contributed by atoms with E-state index in [9.17, 15) is 31.1 Å². The second-order valence-electron chi connectivity index (χ2n) is 7.85. The lowest BCUT2D eigenvalue weighted by Crippen LogP contribution is -2.47. The Labute approximate surface area is 207 Å². The van der Waals surface area contributed by atoms with E-state index < -0.39 is 46.5 Å². The molecule has 12 heteroatoms. The summed E-state index contributed by atoms with van der Waals surface area (Å²) in [7, 11) is 0. The maximum atomic E-state index is 14.1. The number of halogens is 6. The molecule has 0 unspecified atom stereocenters. The lowest BCUT2D eigenvalue weighted by Gasteiger charge is -2.37. The Morgan fingerprint density at radius 1 is 0.694 bits per heavy atom. The standard InChI is InChI=1S/C24H18F6N4OS/c25-14-3-1-13(2-4-14)23(35)32-24(36)31-15-5-7-16(8-6-15)33-9-11-34(12-10-33)22-20(29)18(27)17(26)19(28)21(22)30/h1-8H,9-12H2,(H2,31,32,35,36). The number of thiocarbonyl (C=S) groups is 1. The third kappa shape index (κ3) is 5.23. The third-order valence-corrected chi connectivity index (χ3v) is 5.81. The summed E-state index contributed by atoms with van der Waals surface area (Å²) in [6.07, 6.45) is 0. The first-order valence-corrected chi connectivity index (χ1v) is 11.1. The van der Waals surface area contributed by atoms with Crippen LogP contribution in [0, 0.1) is 34.9 Å². The second kappa shape index (κ2) is 10.4. The van der Waals surface area contributed by atoms with Gasteiger partial charge in [0, 0.05) is 43.1 Å². The summed E-state index contributed by atoms with van der Waals surface area (Å²) in [5, 5.41) is 5.38. The number of carbonyl (C=O) groups is 1. The fourth-order valence-corrected chi connectivity index (χ4v) is 3.96. The van der Waals surface area contributed by atoms with Crippen LogP contribution in [0.1, 0.15) is 10.4 Å². The molecule has 0 atom stereocenters. The molecular formula is C24H18F6N4OS. The fraction of sp³-hybridized carbons (Fsp3) is 0.167. The Hall–Kier alpha value is -3.80. The summed E-state index contributed by atoms with van der Waals surface area (Å²) in [6, 6.07) is 11.9. The molecule has 4 rings (SSSR count). The summed E-state index contributed by atoms with van der Waals surface area (Å²) < 4.78 is 81.6. The highest BCUT2D eigenvalue weighted by Crippen LogP contribution is 2.31. The quantitative estimate of drug-likeness (QED) is 0.218. The summed E-state index contributed by atoms with van der Waals surface area (Å²) >= 11 is 5.13. The highest BCUT2D eigenvalue weighted by Gasteiger charge is 2.30. The molecular weight excluding hydrogens is 506 g/mol. The van der Waals surface area contributed by atoms with E-state index in [4.69, 9.17) is 12.2 Å². The largest absolute Gasteiger partial charge is 0.368 e. The number of amides is 1. The molecule has 1 saturated heterocycles. The van der Waals surface area contributed by atoms with Crippen molar-refractivity contribution in [2.45, 2.75) is 0 Å². The van der Waals surface area contributed by atoms with Crippen LogP contribution >= 0.6 is 12.2 Å². The molecule has 3 aromatic rings. The Kier molecular flexibility index (Phi) is 7.34. The molecule has 1 aliphatic rings. The van der Waals surface area contributed by atoms with Crippen molar-refractivity contribution in [3.63, 3.8) is 0 Å². The maximum absolute atomic E-state index is 14.1. The molecule has 2 N–H and O–H groups in total. The van der Waals surface area contributed by atoms with E-state index in [1.54, 1.807) is 24.3 Å². The molecule has 36 heavy (non-hydrogen) atoms. The molecule has 188 valence electrons. The minimum atomic E-state index is -2.18. The summed E-state index contributed by atoms with van der Waals surface area (Å²) in [5.41, 5.74) is 0.643. The van der Waals surface area contributed by atoms with Crippen LogP contribution in [0.25, 0.3) is 0 Å². The highest BCUT2D eigenvalue weighted by molar-refractivity contribution is 7.80. The minimum Gasteiger partial charge on any atom is -0.368 e. The van der Waals surface area contributed by atoms with Crippen LogP contribution in [0.2, 0.25) is 0 Å². The third-order valence-electron chi connectivity index (χ3n) is 5.61. The van der Waals surface area contributed by atoms with Crippen LogP contribution in [0.4, 0.5) is 43.4 Å². The van der Waals surface area contributed by atoms with E-state index in [0.717, 1.165) is 22.7 Å². The van der Waals surface area contributed by atoms with Crippen molar-refractivity contribution in [3.05, 3.63) is 89.0 Å². The van der Waals surface area contributed by atoms with E-state index in [1.807, 2.05) is 4.90 Å². The van der Waals surface area contributed by atoms with Gasteiger partial charge in [0.15, 0.2) is 28.4 Å². The number of hydrogen-bond acceptors (Lipinski definition) is 4. The van der Waals surface area contributed by atoms with E-state index >= 15 is 0 Å². The van der Waals surface area contributed by atoms with Crippen LogP contribution in [-0.2, 0) is 0 Å². The number of piperazine rings is 1. The topological polar surface area (TPSA) is 47.6 Å². The zero-order valence-electron chi connectivity index (χ0n) is 18.4. The summed E-state index contributed by atoms with van der Waals surface area (Å²) in [5.74, 6) is -10.8. The van der Waals surface area contributed by atoms with Gasteiger partial charge < -0.3 is 15.1 Å². The van der Waals surface area contributed by atoms with Gasteiger partial charge in [0.05, 0.1) is 0 Å². The summed E-state index contributed by atoms with van der Waals surface area (Å²) in [6.45, 7) is 0.631. The number of anilines is 3. The van der Waals surface area contributed by atoms with Crippen molar-refractivity contribution >= 4 is 40.3 Å². The Bertz CT molecular complexity index is 1270. The van der Waals surface area contributed by atoms with Gasteiger partial charge in [-0.3, -0.25) is 10.1 Å². The number of benzene rings is 3. The molecule has 0 spiro atoms. The predicted molar refractivity (Wildman–Crippen MR) is 127 cm³/mol. The lowest BCUT2D eigenvalue weighted by atomic mass is 10.2. The Morgan fingerprint density at radius 3 is 1.75 bits per heavy atom. The minimum absolute atomic E-state index is 0.0357. The Morgan fingerprint density at radius 2 is 1.19 bits per heavy atom. The molecule has 1 fully saturated rings. The van der Waals surface area contributed by atoms with Gasteiger partial charge >= 0.3 is 0 Å². The number of rotatable bonds is 4. The molecule has 0 aliphatic carbocycles. The molecule has 0 bridgehead atoms. The van der Waals surface area contributed by atoms with Crippen LogP contribution in [0.3, 0.4) is 0 Å². The molecule has 5 nitrogen and oxygen atoms in total. The van der Waals surface area contributed by atoms with Gasteiger partial charge in [-0.25, -0.2) is 26.3 Å². The van der Waals surface area contributed by atoms with E-state index in [1.165, 1.54) is 12.1 Å². The van der Waals surface area contributed by atoms with Gasteiger partial charge in [0.25, 0.3) is 5.91 Å². The van der Waals surface area contributed by atoms with Crippen molar-refractivity contribution in [1.29, 1.82) is 0 Å². The number of hydrogen-bond donors (Lipinski definition) is 2. The van der Waals surface area contributed by atoms with Crippen LogP contribution in [-0.4, -0.2) is 37.2 Å². The summed E-state index contributed by atoms with van der Waals surface area (Å²) in [4.78, 5) is 15.2. The van der Waals surface area contributed by atoms with E-state index in [2.05, 4.69) is 10.6 Å². The van der Waals surface area contributed by atoms with Crippen molar-refractivity contribution in [3.8, 4) is 0 Å². The van der Waals surface area contributed by atoms with Crippen molar-refractivity contribution in [2.75, 3.05) is 41.3 Å². The van der Waals surface area contributed by atoms with Gasteiger partial charge in [-0.15, -0.1) is 0 Å². The lowest BCUT2D eigenvalue weighted by molar-refractivity contribution is 0.0977. The monoisotopic (exact) mass is 524 g/mol. The highest BCUT2D eigenvalue weighted by atomic mass is 32.1. The van der Waals surface area contributed by atoms with Crippen molar-refractivity contribution in [2.24, 2.45) is 0 Å². The molecule has 1 aliphatic heterocycles. The normalized spacial score (nSPS) is 13.5. The zero-order chi connectivity index (χ0) is 26.0. The average molecular weight is 524 g/mol. The van der Waals surface area contributed by atoms with E-state index in [0.29, 0.717) is 5.69 Å². The van der Waals surface area contributed by atoms with Gasteiger partial charge in [0.2, 0.25) is 5.82 Å². The van der Waals surface area contributed by atoms with Gasteiger partial charge in [0.1, 0.15) is 11.5 Å². The fourth-order valence-electron chi connectivity index (χ4n) is 3.75. The first-order valence-electron chi connectivity index (χ1n) is 10.6. The molecule has 1 amide bonds. The van der Waals surface area contributed by atoms with Crippen molar-refractivity contribution in [1.82, 2.24) is 5.32 Å². The van der Waals surface area contributed by atoms with Crippen LogP contribution in [0.15, 0.2) is 48.5 Å². The SMILES string of the molecule is O=C(NC(=S)Nc1ccc(N2CCN(c3c(F)c(F)c(F)c(F)c3F)CC2)cc1)c1ccc(F)cc1. The first-order chi connectivity index (χ1) is 17.2. The number of nitrogens with zero attached hydrogens (tertiary/aromatic N) is 2. The Balaban J connectivity index is 1.34. The predicted octanol–water partition coefficient (Wildman–Crippen LogP) is 4.97. The van der Waals surface area contributed by atoms with Crippen LogP contribution < -0.4 is 20.4 Å². The van der Waals surface area contributed by atoms with E-state index in [-0.39, 0.29) is 36.9 Å². The molecule has 0 aromatic heterocycles. The maximum Gasteiger partial charge on any atom is 0.257 e. The van der Waals surface area contributed by atoms with Gasteiger partial charge in [-0.2, -0.15) is 0 Å². The molecule has 3 aromatic carbocycles. The molecule has 0 radical (unpaired) electrons. The number of nitrogens with one attached hydrogen (secondary N) is 2. The molecule has 1 heterocycles. The van der Waals surface area contributed by atoms with Crippen molar-refractivity contribution < 1.29 is 31.1 Å². The molecule has 0 saturated carbocycles. The second-order valence-corrected chi connectivity index (χ2v) is 8.26. The van der Waals surface area contributed by atoms with Gasteiger partial charge in [-0.05, 0) is 60.7 Å². The zero-order valence-corrected chi connectivity index (χ0v) is 19.2.